The quantitative estimate of drug-likeness (QED) is 0.121. The van der Waals surface area contributed by atoms with E-state index in [1.54, 1.807) is 0 Å². The van der Waals surface area contributed by atoms with Gasteiger partial charge in [0.1, 0.15) is 25.8 Å². The van der Waals surface area contributed by atoms with Crippen molar-refractivity contribution in [3.05, 3.63) is 108 Å². The Morgan fingerprint density at radius 2 is 0.837 bits per heavy atom. The molecule has 0 radical (unpaired) electrons. The van der Waals surface area contributed by atoms with Gasteiger partial charge in [0.25, 0.3) is 0 Å². The maximum atomic E-state index is 9.08. The largest absolute Gasteiger partial charge is 0.497 e. The van der Waals surface area contributed by atoms with E-state index in [9.17, 15) is 0 Å². The first-order chi connectivity index (χ1) is 22.9. The van der Waals surface area contributed by atoms with Gasteiger partial charge in [0.2, 0.25) is 16.6 Å². The van der Waals surface area contributed by atoms with Crippen molar-refractivity contribution < 1.29 is 18.3 Å². The SMILES string of the molecule is CC(C)(O[Si](C)(C)C(C)(C)O[Si](C)(C)COc1ccc(-c2ccc(C#N)cc2)cc1)[Si](C)(C)COc1ccc(-c2ccc(C#N)cc2)cc1. The Balaban J connectivity index is 1.33. The number of nitrogens with zero attached hydrogens (tertiary/aromatic N) is 2. The van der Waals surface area contributed by atoms with Crippen LogP contribution in [0.1, 0.15) is 38.8 Å². The summed E-state index contributed by atoms with van der Waals surface area (Å²) >= 11 is 0. The lowest BCUT2D eigenvalue weighted by Gasteiger charge is -2.50. The van der Waals surface area contributed by atoms with Crippen LogP contribution < -0.4 is 9.47 Å². The van der Waals surface area contributed by atoms with E-state index in [1.165, 1.54) is 0 Å². The zero-order valence-corrected chi connectivity index (χ0v) is 33.7. The summed E-state index contributed by atoms with van der Waals surface area (Å²) in [4.78, 5) is 0. The summed E-state index contributed by atoms with van der Waals surface area (Å²) in [6, 6.07) is 35.8. The topological polar surface area (TPSA) is 84.5 Å². The van der Waals surface area contributed by atoms with Crippen LogP contribution in [0, 0.1) is 22.7 Å². The lowest BCUT2D eigenvalue weighted by atomic mass is 10.0. The maximum Gasteiger partial charge on any atom is 0.225 e. The second-order valence-electron chi connectivity index (χ2n) is 15.4. The van der Waals surface area contributed by atoms with Gasteiger partial charge in [0, 0.05) is 5.22 Å². The lowest BCUT2D eigenvalue weighted by molar-refractivity contribution is 0.0933. The molecular weight excluding hydrogens is 657 g/mol. The summed E-state index contributed by atoms with van der Waals surface area (Å²) in [5, 5.41) is 17.3. The van der Waals surface area contributed by atoms with Crippen LogP contribution in [0.5, 0.6) is 11.5 Å². The Morgan fingerprint density at radius 1 is 0.490 bits per heavy atom. The number of ether oxygens (including phenoxy) is 2. The standard InChI is InChI=1S/C40H50N2O4Si3/c1-39(2,47(5,6)29-43-37-23-19-35(20-24-37)33-15-11-31(27-41)12-16-33)46-49(9,10)40(3,4)45-48(7,8)30-44-38-25-21-36(22-26-38)34-17-13-32(28-42)14-18-34/h11-26H,29-30H2,1-10H3. The molecule has 0 heterocycles. The van der Waals surface area contributed by atoms with E-state index in [0.717, 1.165) is 33.8 Å². The van der Waals surface area contributed by atoms with Crippen molar-refractivity contribution >= 4 is 24.7 Å². The highest BCUT2D eigenvalue weighted by Gasteiger charge is 2.52. The van der Waals surface area contributed by atoms with Crippen molar-refractivity contribution in [3.63, 3.8) is 0 Å². The molecule has 4 rings (SSSR count). The Morgan fingerprint density at radius 3 is 1.20 bits per heavy atom. The molecular formula is C40H50N2O4Si3. The minimum Gasteiger partial charge on any atom is -0.497 e. The number of hydrogen-bond acceptors (Lipinski definition) is 6. The highest BCUT2D eigenvalue weighted by atomic mass is 28.4. The Kier molecular flexibility index (Phi) is 11.5. The van der Waals surface area contributed by atoms with Crippen LogP contribution >= 0.6 is 0 Å². The summed E-state index contributed by atoms with van der Waals surface area (Å²) in [5.74, 6) is 1.65. The normalized spacial score (nSPS) is 12.6. The van der Waals surface area contributed by atoms with Gasteiger partial charge in [-0.25, -0.2) is 0 Å². The second kappa shape index (κ2) is 14.9. The maximum absolute atomic E-state index is 9.08. The van der Waals surface area contributed by atoms with Crippen molar-refractivity contribution in [3.8, 4) is 45.9 Å². The molecule has 256 valence electrons. The molecule has 0 aliphatic heterocycles. The first-order valence-electron chi connectivity index (χ1n) is 16.7. The predicted molar refractivity (Wildman–Crippen MR) is 207 cm³/mol. The van der Waals surface area contributed by atoms with E-state index in [1.807, 2.05) is 84.9 Å². The molecule has 9 heteroatoms. The first kappa shape index (κ1) is 37.8. The van der Waals surface area contributed by atoms with Crippen LogP contribution in [-0.4, -0.2) is 47.6 Å². The molecule has 0 unspecified atom stereocenters. The monoisotopic (exact) mass is 706 g/mol. The molecule has 0 aliphatic rings. The molecule has 0 atom stereocenters. The van der Waals surface area contributed by atoms with E-state index in [2.05, 4.69) is 91.2 Å². The van der Waals surface area contributed by atoms with Gasteiger partial charge in [-0.1, -0.05) is 61.6 Å². The van der Waals surface area contributed by atoms with Crippen LogP contribution in [0.4, 0.5) is 0 Å². The van der Waals surface area contributed by atoms with Crippen LogP contribution in [0.25, 0.3) is 22.3 Å². The molecule has 0 bridgehead atoms. The molecule has 0 aliphatic carbocycles. The van der Waals surface area contributed by atoms with E-state index in [-0.39, 0.29) is 5.22 Å². The molecule has 0 aromatic heterocycles. The third-order valence-electron chi connectivity index (χ3n) is 9.71. The van der Waals surface area contributed by atoms with Gasteiger partial charge in [-0.05, 0) is 125 Å². The summed E-state index contributed by atoms with van der Waals surface area (Å²) < 4.78 is 26.8. The second-order valence-corrected chi connectivity index (χ2v) is 29.1. The van der Waals surface area contributed by atoms with Gasteiger partial charge >= 0.3 is 0 Å². The lowest BCUT2D eigenvalue weighted by Crippen LogP contribution is -2.67. The van der Waals surface area contributed by atoms with Crippen molar-refractivity contribution in [2.75, 3.05) is 12.5 Å². The van der Waals surface area contributed by atoms with Gasteiger partial charge in [0.05, 0.1) is 34.7 Å². The summed E-state index contributed by atoms with van der Waals surface area (Å²) in [5.41, 5.74) is 5.60. The van der Waals surface area contributed by atoms with Crippen molar-refractivity contribution in [2.24, 2.45) is 0 Å². The summed E-state index contributed by atoms with van der Waals surface area (Å²) in [6.07, 6.45) is 1.15. The Hall–Kier alpha value is -3.97. The van der Waals surface area contributed by atoms with Crippen molar-refractivity contribution in [2.45, 2.75) is 77.4 Å². The molecule has 0 N–H and O–H groups in total. The zero-order chi connectivity index (χ0) is 36.1. The molecule has 49 heavy (non-hydrogen) atoms. The van der Waals surface area contributed by atoms with Crippen molar-refractivity contribution in [1.29, 1.82) is 10.5 Å². The van der Waals surface area contributed by atoms with E-state index in [4.69, 9.17) is 28.8 Å². The average molecular weight is 707 g/mol. The first-order valence-corrected chi connectivity index (χ1v) is 26.0. The molecule has 4 aromatic carbocycles. The van der Waals surface area contributed by atoms with Gasteiger partial charge in [-0.15, -0.1) is 0 Å². The minimum atomic E-state index is -2.41. The van der Waals surface area contributed by atoms with E-state index in [0.29, 0.717) is 23.6 Å². The van der Waals surface area contributed by atoms with Gasteiger partial charge in [-0.2, -0.15) is 10.5 Å². The smallest absolute Gasteiger partial charge is 0.225 e. The van der Waals surface area contributed by atoms with E-state index < -0.39 is 29.9 Å². The third kappa shape index (κ3) is 9.60. The molecule has 0 saturated heterocycles. The van der Waals surface area contributed by atoms with Gasteiger partial charge in [-0.3, -0.25) is 0 Å². The fourth-order valence-corrected chi connectivity index (χ4v) is 13.4. The third-order valence-corrected chi connectivity index (χ3v) is 20.3. The molecule has 4 aromatic rings. The number of benzene rings is 4. The number of nitriles is 2. The van der Waals surface area contributed by atoms with Crippen LogP contribution in [-0.2, 0) is 8.85 Å². The minimum absolute atomic E-state index is 0.356. The van der Waals surface area contributed by atoms with Crippen LogP contribution in [0.3, 0.4) is 0 Å². The number of rotatable bonds is 14. The van der Waals surface area contributed by atoms with Crippen molar-refractivity contribution in [1.82, 2.24) is 0 Å². The summed E-state index contributed by atoms with van der Waals surface area (Å²) in [6.45, 7) is 22.4. The number of hydrogen-bond donors (Lipinski definition) is 0. The Labute approximate surface area is 296 Å². The average Bonchev–Trinajstić information content (AvgIpc) is 3.06. The van der Waals surface area contributed by atoms with E-state index >= 15 is 0 Å². The summed E-state index contributed by atoms with van der Waals surface area (Å²) in [7, 11) is -6.74. The highest BCUT2D eigenvalue weighted by molar-refractivity contribution is 6.82. The predicted octanol–water partition coefficient (Wildman–Crippen LogP) is 10.1. The fourth-order valence-electron chi connectivity index (χ4n) is 5.40. The van der Waals surface area contributed by atoms with Gasteiger partial charge < -0.3 is 18.3 Å². The zero-order valence-electron chi connectivity index (χ0n) is 30.7. The molecule has 0 spiro atoms. The highest BCUT2D eigenvalue weighted by Crippen LogP contribution is 2.36. The fraction of sp³-hybridized carbons (Fsp3) is 0.350. The Bertz CT molecular complexity index is 1790. The molecule has 0 amide bonds. The molecule has 0 fully saturated rings. The van der Waals surface area contributed by atoms with Crippen LogP contribution in [0.15, 0.2) is 97.1 Å². The molecule has 0 saturated carbocycles. The van der Waals surface area contributed by atoms with Gasteiger partial charge in [0.15, 0.2) is 0 Å². The van der Waals surface area contributed by atoms with Crippen LogP contribution in [0.2, 0.25) is 39.3 Å². The molecule has 6 nitrogen and oxygen atoms in total.